The van der Waals surface area contributed by atoms with Crippen LogP contribution in [0.2, 0.25) is 5.02 Å². The van der Waals surface area contributed by atoms with Crippen LogP contribution in [0.3, 0.4) is 0 Å². The van der Waals surface area contributed by atoms with E-state index < -0.39 is 10.0 Å². The lowest BCUT2D eigenvalue weighted by Gasteiger charge is -2.33. The number of piperazine rings is 1. The molecule has 0 unspecified atom stereocenters. The van der Waals surface area contributed by atoms with E-state index in [-0.39, 0.29) is 37.1 Å². The molecule has 10 nitrogen and oxygen atoms in total. The Morgan fingerprint density at radius 3 is 2.70 bits per heavy atom. The molecule has 158 valence electrons. The number of fused-ring (bicyclic) bond motifs is 1. The molecule has 0 saturated carbocycles. The van der Waals surface area contributed by atoms with Gasteiger partial charge >= 0.3 is 6.03 Å². The molecule has 1 saturated heterocycles. The van der Waals surface area contributed by atoms with Gasteiger partial charge in [0.15, 0.2) is 15.5 Å². The second-order valence-electron chi connectivity index (χ2n) is 6.33. The van der Waals surface area contributed by atoms with Crippen molar-refractivity contribution in [2.45, 2.75) is 4.90 Å². The second kappa shape index (κ2) is 8.30. The summed E-state index contributed by atoms with van der Waals surface area (Å²) < 4.78 is 32.1. The standard InChI is InChI=1S/C17H17ClN6O4S2/c1-28-14-13-15(20-10-19-14)29-16(21-13)22-17(25)23-5-7-24(8-6-23)30(26,27)12-4-2-3-11(18)9-12/h2-4,9-10H,5-8H2,1H3,(H,21,22,25). The molecule has 0 bridgehead atoms. The van der Waals surface area contributed by atoms with Crippen molar-refractivity contribution in [3.8, 4) is 5.88 Å². The monoisotopic (exact) mass is 468 g/mol. The summed E-state index contributed by atoms with van der Waals surface area (Å²) in [4.78, 5) is 27.3. The van der Waals surface area contributed by atoms with Crippen molar-refractivity contribution in [2.75, 3.05) is 38.6 Å². The first kappa shape index (κ1) is 20.7. The van der Waals surface area contributed by atoms with Gasteiger partial charge in [0, 0.05) is 31.2 Å². The number of ether oxygens (including phenoxy) is 1. The summed E-state index contributed by atoms with van der Waals surface area (Å²) in [6.07, 6.45) is 1.37. The Balaban J connectivity index is 1.41. The first-order valence-corrected chi connectivity index (χ1v) is 11.5. The maximum Gasteiger partial charge on any atom is 0.323 e. The molecule has 1 aliphatic heterocycles. The minimum absolute atomic E-state index is 0.137. The maximum absolute atomic E-state index is 12.8. The molecule has 2 aromatic heterocycles. The van der Waals surface area contributed by atoms with Gasteiger partial charge in [0.1, 0.15) is 6.33 Å². The predicted octanol–water partition coefficient (Wildman–Crippen LogP) is 2.29. The Hall–Kier alpha value is -2.54. The quantitative estimate of drug-likeness (QED) is 0.624. The summed E-state index contributed by atoms with van der Waals surface area (Å²) in [6.45, 7) is 0.863. The van der Waals surface area contributed by atoms with Crippen LogP contribution in [-0.4, -0.2) is 71.9 Å². The number of rotatable bonds is 4. The molecular formula is C17H17ClN6O4S2. The zero-order valence-electron chi connectivity index (χ0n) is 15.8. The van der Waals surface area contributed by atoms with Gasteiger partial charge in [-0.25, -0.2) is 23.2 Å². The minimum atomic E-state index is -3.67. The Morgan fingerprint density at radius 1 is 1.23 bits per heavy atom. The average molecular weight is 469 g/mol. The third-order valence-electron chi connectivity index (χ3n) is 4.53. The molecular weight excluding hydrogens is 452 g/mol. The number of hydrogen-bond donors (Lipinski definition) is 1. The lowest BCUT2D eigenvalue weighted by Crippen LogP contribution is -2.51. The molecule has 3 heterocycles. The van der Waals surface area contributed by atoms with Gasteiger partial charge in [-0.15, -0.1) is 0 Å². The molecule has 0 spiro atoms. The van der Waals surface area contributed by atoms with Gasteiger partial charge in [0.2, 0.25) is 15.9 Å². The fourth-order valence-electron chi connectivity index (χ4n) is 3.02. The number of nitrogens with zero attached hydrogens (tertiary/aromatic N) is 5. The fraction of sp³-hybridized carbons (Fsp3) is 0.294. The molecule has 0 aliphatic carbocycles. The molecule has 1 aromatic carbocycles. The van der Waals surface area contributed by atoms with Crippen molar-refractivity contribution in [3.05, 3.63) is 35.6 Å². The molecule has 2 amide bonds. The lowest BCUT2D eigenvalue weighted by atomic mass is 10.4. The van der Waals surface area contributed by atoms with Gasteiger partial charge in [0.05, 0.1) is 12.0 Å². The largest absolute Gasteiger partial charge is 0.479 e. The highest BCUT2D eigenvalue weighted by Crippen LogP contribution is 2.29. The van der Waals surface area contributed by atoms with Crippen molar-refractivity contribution < 1.29 is 17.9 Å². The number of thiazole rings is 1. The number of aromatic nitrogens is 3. The number of hydrogen-bond acceptors (Lipinski definition) is 8. The average Bonchev–Trinajstić information content (AvgIpc) is 3.16. The zero-order valence-corrected chi connectivity index (χ0v) is 18.2. The van der Waals surface area contributed by atoms with Crippen LogP contribution in [-0.2, 0) is 10.0 Å². The Kier molecular flexibility index (Phi) is 5.73. The van der Waals surface area contributed by atoms with Gasteiger partial charge < -0.3 is 9.64 Å². The first-order chi connectivity index (χ1) is 14.4. The Morgan fingerprint density at radius 2 is 2.00 bits per heavy atom. The zero-order chi connectivity index (χ0) is 21.3. The summed E-state index contributed by atoms with van der Waals surface area (Å²) in [5.41, 5.74) is 0.470. The van der Waals surface area contributed by atoms with Gasteiger partial charge in [-0.2, -0.15) is 9.29 Å². The van der Waals surface area contributed by atoms with Gasteiger partial charge in [-0.05, 0) is 18.2 Å². The van der Waals surface area contributed by atoms with Gasteiger partial charge in [-0.3, -0.25) is 5.32 Å². The van der Waals surface area contributed by atoms with Gasteiger partial charge in [0.25, 0.3) is 0 Å². The van der Waals surface area contributed by atoms with E-state index in [1.54, 1.807) is 17.0 Å². The fourth-order valence-corrected chi connectivity index (χ4v) is 5.53. The lowest BCUT2D eigenvalue weighted by molar-refractivity contribution is 0.184. The summed E-state index contributed by atoms with van der Waals surface area (Å²) in [6, 6.07) is 5.77. The van der Waals surface area contributed by atoms with E-state index in [1.165, 1.54) is 41.2 Å². The molecule has 13 heteroatoms. The molecule has 1 fully saturated rings. The highest BCUT2D eigenvalue weighted by Gasteiger charge is 2.30. The van der Waals surface area contributed by atoms with Crippen molar-refractivity contribution in [3.63, 3.8) is 0 Å². The highest BCUT2D eigenvalue weighted by atomic mass is 35.5. The summed E-state index contributed by atoms with van der Waals surface area (Å²) in [7, 11) is -2.18. The summed E-state index contributed by atoms with van der Waals surface area (Å²) in [5, 5.41) is 3.45. The van der Waals surface area contributed by atoms with Crippen LogP contribution >= 0.6 is 22.9 Å². The van der Waals surface area contributed by atoms with Crippen molar-refractivity contribution >= 4 is 54.5 Å². The van der Waals surface area contributed by atoms with Gasteiger partial charge in [-0.1, -0.05) is 29.0 Å². The van der Waals surface area contributed by atoms with Crippen LogP contribution < -0.4 is 10.1 Å². The number of halogens is 1. The van der Waals surface area contributed by atoms with Crippen LogP contribution in [0.5, 0.6) is 5.88 Å². The van der Waals surface area contributed by atoms with E-state index in [9.17, 15) is 13.2 Å². The minimum Gasteiger partial charge on any atom is -0.479 e. The number of nitrogens with one attached hydrogen (secondary N) is 1. The van der Waals surface area contributed by atoms with Crippen LogP contribution in [0.4, 0.5) is 9.93 Å². The van der Waals surface area contributed by atoms with E-state index in [2.05, 4.69) is 20.3 Å². The highest BCUT2D eigenvalue weighted by molar-refractivity contribution is 7.89. The normalized spacial score (nSPS) is 15.3. The number of urea groups is 1. The number of methoxy groups -OCH3 is 1. The molecule has 0 radical (unpaired) electrons. The summed E-state index contributed by atoms with van der Waals surface area (Å²) >= 11 is 7.12. The molecule has 1 aliphatic rings. The Bertz CT molecular complexity index is 1190. The molecule has 0 atom stereocenters. The number of benzene rings is 1. The van der Waals surface area contributed by atoms with E-state index in [0.29, 0.717) is 26.4 Å². The van der Waals surface area contributed by atoms with E-state index in [1.807, 2.05) is 0 Å². The van der Waals surface area contributed by atoms with Crippen molar-refractivity contribution in [1.29, 1.82) is 0 Å². The SMILES string of the molecule is COc1ncnc2sc(NC(=O)N3CCN(S(=O)(=O)c4cccc(Cl)c4)CC3)nc12. The van der Waals surface area contributed by atoms with E-state index >= 15 is 0 Å². The third kappa shape index (κ3) is 4.03. The van der Waals surface area contributed by atoms with Crippen LogP contribution in [0.25, 0.3) is 10.3 Å². The molecule has 1 N–H and O–H groups in total. The predicted molar refractivity (Wildman–Crippen MR) is 113 cm³/mol. The van der Waals surface area contributed by atoms with E-state index in [4.69, 9.17) is 16.3 Å². The molecule has 30 heavy (non-hydrogen) atoms. The number of carbonyl (C=O) groups excluding carboxylic acids is 1. The van der Waals surface area contributed by atoms with Crippen LogP contribution in [0.15, 0.2) is 35.5 Å². The van der Waals surface area contributed by atoms with Crippen molar-refractivity contribution in [2.24, 2.45) is 0 Å². The molecule has 4 rings (SSSR count). The van der Waals surface area contributed by atoms with E-state index in [0.717, 1.165) is 0 Å². The summed E-state index contributed by atoms with van der Waals surface area (Å²) in [5.74, 6) is 0.330. The number of sulfonamides is 1. The third-order valence-corrected chi connectivity index (χ3v) is 7.54. The smallest absolute Gasteiger partial charge is 0.323 e. The second-order valence-corrected chi connectivity index (χ2v) is 9.69. The number of amides is 2. The molecule has 3 aromatic rings. The van der Waals surface area contributed by atoms with Crippen LogP contribution in [0.1, 0.15) is 0 Å². The maximum atomic E-state index is 12.8. The number of anilines is 1. The first-order valence-electron chi connectivity index (χ1n) is 8.85. The topological polar surface area (TPSA) is 118 Å². The Labute approximate surface area is 181 Å². The number of carbonyl (C=O) groups is 1. The van der Waals surface area contributed by atoms with Crippen molar-refractivity contribution in [1.82, 2.24) is 24.2 Å². The van der Waals surface area contributed by atoms with Crippen LogP contribution in [0, 0.1) is 0 Å².